The molecule has 0 saturated carbocycles. The minimum atomic E-state index is -3.68. The van der Waals surface area contributed by atoms with E-state index in [0.717, 1.165) is 4.31 Å². The molecule has 2 rings (SSSR count). The Hall–Kier alpha value is -2.28. The van der Waals surface area contributed by atoms with Crippen LogP contribution in [0.25, 0.3) is 0 Å². The molecule has 0 amide bonds. The molecule has 0 aliphatic rings. The van der Waals surface area contributed by atoms with E-state index < -0.39 is 15.8 Å². The maximum atomic E-state index is 13.7. The second-order valence-corrected chi connectivity index (χ2v) is 6.88. The van der Waals surface area contributed by atoms with E-state index in [9.17, 15) is 12.8 Å². The van der Waals surface area contributed by atoms with Crippen molar-refractivity contribution in [3.05, 3.63) is 54.3 Å². The Balaban J connectivity index is 1.97. The van der Waals surface area contributed by atoms with E-state index in [1.807, 2.05) is 0 Å². The van der Waals surface area contributed by atoms with Gasteiger partial charge < -0.3 is 9.47 Å². The predicted molar refractivity (Wildman–Crippen MR) is 87.1 cm³/mol. The lowest BCUT2D eigenvalue weighted by atomic mass is 10.3. The van der Waals surface area contributed by atoms with Crippen molar-refractivity contribution in [3.63, 3.8) is 0 Å². The highest BCUT2D eigenvalue weighted by Crippen LogP contribution is 2.21. The molecule has 0 heterocycles. The molecular formula is C16H18FNO4S. The van der Waals surface area contributed by atoms with Crippen molar-refractivity contribution in [2.45, 2.75) is 0 Å². The smallest absolute Gasteiger partial charge is 0.238 e. The van der Waals surface area contributed by atoms with Gasteiger partial charge in [0.05, 0.1) is 12.8 Å². The van der Waals surface area contributed by atoms with Crippen LogP contribution in [0.4, 0.5) is 10.1 Å². The van der Waals surface area contributed by atoms with Crippen LogP contribution >= 0.6 is 0 Å². The largest absolute Gasteiger partial charge is 0.497 e. The maximum Gasteiger partial charge on any atom is 0.238 e. The van der Waals surface area contributed by atoms with Crippen molar-refractivity contribution in [3.8, 4) is 11.5 Å². The lowest BCUT2D eigenvalue weighted by Crippen LogP contribution is -2.31. The first-order valence-corrected chi connectivity index (χ1v) is 8.53. The summed E-state index contributed by atoms with van der Waals surface area (Å²) >= 11 is 0. The normalized spacial score (nSPS) is 11.1. The van der Waals surface area contributed by atoms with E-state index in [2.05, 4.69) is 0 Å². The van der Waals surface area contributed by atoms with Crippen LogP contribution in [0.1, 0.15) is 0 Å². The van der Waals surface area contributed by atoms with Crippen molar-refractivity contribution < 1.29 is 22.3 Å². The van der Waals surface area contributed by atoms with E-state index in [0.29, 0.717) is 11.5 Å². The van der Waals surface area contributed by atoms with Gasteiger partial charge in [-0.2, -0.15) is 0 Å². The highest BCUT2D eigenvalue weighted by Gasteiger charge is 2.20. The minimum Gasteiger partial charge on any atom is -0.497 e. The topological polar surface area (TPSA) is 55.8 Å². The number of benzene rings is 2. The van der Waals surface area contributed by atoms with Gasteiger partial charge in [0, 0.05) is 7.05 Å². The molecule has 0 aromatic heterocycles. The van der Waals surface area contributed by atoms with Crippen LogP contribution in [0.5, 0.6) is 11.5 Å². The summed E-state index contributed by atoms with van der Waals surface area (Å²) in [5, 5.41) is 0. The van der Waals surface area contributed by atoms with Crippen LogP contribution in [-0.2, 0) is 10.0 Å². The van der Waals surface area contributed by atoms with Crippen molar-refractivity contribution in [2.75, 3.05) is 30.8 Å². The van der Waals surface area contributed by atoms with Gasteiger partial charge in [0.25, 0.3) is 0 Å². The molecule has 0 unspecified atom stereocenters. The molecular weight excluding hydrogens is 321 g/mol. The van der Waals surface area contributed by atoms with Crippen LogP contribution in [0.15, 0.2) is 48.5 Å². The Kier molecular flexibility index (Phi) is 5.44. The van der Waals surface area contributed by atoms with Crippen LogP contribution in [-0.4, -0.2) is 34.9 Å². The number of nitrogens with zero attached hydrogens (tertiary/aromatic N) is 1. The Morgan fingerprint density at radius 3 is 2.26 bits per heavy atom. The molecule has 124 valence electrons. The fourth-order valence-electron chi connectivity index (χ4n) is 1.93. The van der Waals surface area contributed by atoms with Gasteiger partial charge in [0.1, 0.15) is 29.7 Å². The first kappa shape index (κ1) is 17.1. The van der Waals surface area contributed by atoms with Crippen molar-refractivity contribution in [1.82, 2.24) is 0 Å². The number of anilines is 1. The Morgan fingerprint density at radius 1 is 1.04 bits per heavy atom. The molecule has 5 nitrogen and oxygen atoms in total. The third-order valence-corrected chi connectivity index (χ3v) is 4.99. The standard InChI is InChI=1S/C16H18FNO4S/c1-18(16-6-4-3-5-15(16)17)23(19,20)12-11-22-14-9-7-13(21-2)8-10-14/h3-10H,11-12H2,1-2H3. The van der Waals surface area contributed by atoms with E-state index in [1.165, 1.54) is 25.2 Å². The first-order valence-electron chi connectivity index (χ1n) is 6.92. The summed E-state index contributed by atoms with van der Waals surface area (Å²) in [5.74, 6) is 0.373. The second kappa shape index (κ2) is 7.32. The average molecular weight is 339 g/mol. The molecule has 7 heteroatoms. The van der Waals surface area contributed by atoms with Gasteiger partial charge in [-0.1, -0.05) is 12.1 Å². The van der Waals surface area contributed by atoms with Gasteiger partial charge in [-0.05, 0) is 36.4 Å². The predicted octanol–water partition coefficient (Wildman–Crippen LogP) is 2.68. The quantitative estimate of drug-likeness (QED) is 0.778. The van der Waals surface area contributed by atoms with E-state index in [1.54, 1.807) is 37.4 Å². The molecule has 0 bridgehead atoms. The third kappa shape index (κ3) is 4.35. The van der Waals surface area contributed by atoms with Crippen molar-refractivity contribution in [2.24, 2.45) is 0 Å². The lowest BCUT2D eigenvalue weighted by Gasteiger charge is -2.20. The average Bonchev–Trinajstić information content (AvgIpc) is 2.55. The highest BCUT2D eigenvalue weighted by molar-refractivity contribution is 7.92. The highest BCUT2D eigenvalue weighted by atomic mass is 32.2. The maximum absolute atomic E-state index is 13.7. The summed E-state index contributed by atoms with van der Waals surface area (Å²) in [5.41, 5.74) is 0.0111. The monoisotopic (exact) mass is 339 g/mol. The molecule has 0 saturated heterocycles. The lowest BCUT2D eigenvalue weighted by molar-refractivity contribution is 0.339. The summed E-state index contributed by atoms with van der Waals surface area (Å²) in [6.07, 6.45) is 0. The molecule has 0 fully saturated rings. The number of para-hydroxylation sites is 1. The summed E-state index contributed by atoms with van der Waals surface area (Å²) in [6, 6.07) is 12.5. The molecule has 0 aliphatic heterocycles. The first-order chi connectivity index (χ1) is 10.9. The molecule has 2 aromatic rings. The fourth-order valence-corrected chi connectivity index (χ4v) is 2.95. The van der Waals surface area contributed by atoms with E-state index in [4.69, 9.17) is 9.47 Å². The number of halogens is 1. The fraction of sp³-hybridized carbons (Fsp3) is 0.250. The van der Waals surface area contributed by atoms with E-state index in [-0.39, 0.29) is 18.0 Å². The number of rotatable bonds is 7. The van der Waals surface area contributed by atoms with Crippen LogP contribution < -0.4 is 13.8 Å². The molecule has 0 N–H and O–H groups in total. The third-order valence-electron chi connectivity index (χ3n) is 3.28. The molecule has 23 heavy (non-hydrogen) atoms. The summed E-state index contributed by atoms with van der Waals surface area (Å²) < 4.78 is 49.5. The number of sulfonamides is 1. The van der Waals surface area contributed by atoms with Gasteiger partial charge in [-0.15, -0.1) is 0 Å². The van der Waals surface area contributed by atoms with Gasteiger partial charge in [0.2, 0.25) is 10.0 Å². The molecule has 0 atom stereocenters. The molecule has 0 radical (unpaired) electrons. The zero-order valence-corrected chi connectivity index (χ0v) is 13.7. The van der Waals surface area contributed by atoms with Gasteiger partial charge >= 0.3 is 0 Å². The van der Waals surface area contributed by atoms with Crippen LogP contribution in [0, 0.1) is 5.82 Å². The summed E-state index contributed by atoms with van der Waals surface area (Å²) in [7, 11) is -0.798. The number of ether oxygens (including phenoxy) is 2. The van der Waals surface area contributed by atoms with Crippen LogP contribution in [0.3, 0.4) is 0 Å². The van der Waals surface area contributed by atoms with Crippen LogP contribution in [0.2, 0.25) is 0 Å². The Labute approximate surface area is 135 Å². The zero-order chi connectivity index (χ0) is 16.9. The van der Waals surface area contributed by atoms with Gasteiger partial charge in [0.15, 0.2) is 0 Å². The zero-order valence-electron chi connectivity index (χ0n) is 12.9. The van der Waals surface area contributed by atoms with Crippen molar-refractivity contribution >= 4 is 15.7 Å². The molecule has 2 aromatic carbocycles. The number of methoxy groups -OCH3 is 1. The SMILES string of the molecule is COc1ccc(OCCS(=O)(=O)N(C)c2ccccc2F)cc1. The van der Waals surface area contributed by atoms with Gasteiger partial charge in [-0.3, -0.25) is 4.31 Å². The summed E-state index contributed by atoms with van der Waals surface area (Å²) in [4.78, 5) is 0. The second-order valence-electron chi connectivity index (χ2n) is 4.76. The van der Waals surface area contributed by atoms with Crippen molar-refractivity contribution in [1.29, 1.82) is 0 Å². The molecule has 0 spiro atoms. The minimum absolute atomic E-state index is 0.0111. The Morgan fingerprint density at radius 2 is 1.65 bits per heavy atom. The number of hydrogen-bond donors (Lipinski definition) is 0. The van der Waals surface area contributed by atoms with Gasteiger partial charge in [-0.25, -0.2) is 12.8 Å². The Bertz CT molecular complexity index is 747. The number of hydrogen-bond acceptors (Lipinski definition) is 4. The van der Waals surface area contributed by atoms with E-state index >= 15 is 0 Å². The molecule has 0 aliphatic carbocycles. The summed E-state index contributed by atoms with van der Waals surface area (Å²) in [6.45, 7) is -0.0343.